The van der Waals surface area contributed by atoms with Gasteiger partial charge in [0.15, 0.2) is 5.70 Å². The second kappa shape index (κ2) is 5.01. The molecule has 0 fully saturated rings. The van der Waals surface area contributed by atoms with Gasteiger partial charge in [0.05, 0.1) is 17.2 Å². The summed E-state index contributed by atoms with van der Waals surface area (Å²) in [5.41, 5.74) is 0.726. The number of hydrogen-bond donors (Lipinski definition) is 0. The molecule has 2 rings (SSSR count). The first-order valence-electron chi connectivity index (χ1n) is 5.10. The van der Waals surface area contributed by atoms with Crippen LogP contribution >= 0.6 is 11.6 Å². The number of nitrogens with zero attached hydrogens (tertiary/aromatic N) is 1. The molecule has 0 amide bonds. The summed E-state index contributed by atoms with van der Waals surface area (Å²) in [6, 6.07) is 7.03. The normalized spacial score (nSPS) is 16.9. The summed E-state index contributed by atoms with van der Waals surface area (Å²) in [4.78, 5) is 15.5. The Balaban J connectivity index is 2.30. The van der Waals surface area contributed by atoms with Gasteiger partial charge >= 0.3 is 5.97 Å². The Morgan fingerprint density at radius 1 is 1.47 bits per heavy atom. The maximum atomic E-state index is 11.4. The highest BCUT2D eigenvalue weighted by atomic mass is 35.5. The van der Waals surface area contributed by atoms with E-state index in [1.54, 1.807) is 24.3 Å². The van der Waals surface area contributed by atoms with Gasteiger partial charge in [-0.05, 0) is 19.1 Å². The van der Waals surface area contributed by atoms with Crippen LogP contribution in [0.5, 0.6) is 0 Å². The van der Waals surface area contributed by atoms with Crippen LogP contribution in [0.15, 0.2) is 41.2 Å². The number of hydrogen-bond acceptors (Lipinski definition) is 4. The Morgan fingerprint density at radius 2 is 2.24 bits per heavy atom. The van der Waals surface area contributed by atoms with Crippen molar-refractivity contribution in [2.75, 3.05) is 6.61 Å². The second-order valence-corrected chi connectivity index (χ2v) is 3.65. The van der Waals surface area contributed by atoms with Gasteiger partial charge in [-0.3, -0.25) is 0 Å². The highest BCUT2D eigenvalue weighted by Crippen LogP contribution is 2.22. The number of halogens is 1. The van der Waals surface area contributed by atoms with Crippen LogP contribution in [-0.2, 0) is 14.3 Å². The zero-order valence-corrected chi connectivity index (χ0v) is 9.90. The number of ether oxygens (including phenoxy) is 2. The minimum absolute atomic E-state index is 0.141. The van der Waals surface area contributed by atoms with Crippen LogP contribution in [0.25, 0.3) is 0 Å². The summed E-state index contributed by atoms with van der Waals surface area (Å²) in [7, 11) is 0. The van der Waals surface area contributed by atoms with Gasteiger partial charge in [-0.1, -0.05) is 23.7 Å². The first-order chi connectivity index (χ1) is 8.22. The highest BCUT2D eigenvalue weighted by Gasteiger charge is 2.25. The molecule has 88 valence electrons. The molecule has 0 N–H and O–H groups in total. The molecule has 1 heterocycles. The highest BCUT2D eigenvalue weighted by molar-refractivity contribution is 6.34. The van der Waals surface area contributed by atoms with Crippen LogP contribution in [0.4, 0.5) is 0 Å². The monoisotopic (exact) mass is 251 g/mol. The number of benzene rings is 1. The summed E-state index contributed by atoms with van der Waals surface area (Å²) in [5, 5.41) is 0.483. The van der Waals surface area contributed by atoms with E-state index < -0.39 is 5.97 Å². The quantitative estimate of drug-likeness (QED) is 0.471. The molecule has 0 unspecified atom stereocenters. The van der Waals surface area contributed by atoms with Crippen LogP contribution in [0.2, 0.25) is 5.02 Å². The molecule has 0 spiro atoms. The van der Waals surface area contributed by atoms with E-state index in [9.17, 15) is 4.79 Å². The molecule has 0 saturated heterocycles. The molecule has 0 aromatic heterocycles. The molecule has 1 aliphatic heterocycles. The number of esters is 1. The summed E-state index contributed by atoms with van der Waals surface area (Å²) in [5.74, 6) is -0.333. The lowest BCUT2D eigenvalue weighted by Gasteiger charge is -2.00. The zero-order chi connectivity index (χ0) is 12.3. The van der Waals surface area contributed by atoms with E-state index in [-0.39, 0.29) is 11.6 Å². The SMILES string of the molecule is CCO/C=C1/N=C(c2ccccc2Cl)OC1=O. The minimum atomic E-state index is -0.534. The van der Waals surface area contributed by atoms with Crippen LogP contribution in [0, 0.1) is 0 Å². The van der Waals surface area contributed by atoms with Crippen LogP contribution in [0.1, 0.15) is 12.5 Å². The van der Waals surface area contributed by atoms with E-state index in [1.165, 1.54) is 6.26 Å². The number of aliphatic imine (C=N–C) groups is 1. The molecule has 1 aromatic carbocycles. The maximum absolute atomic E-state index is 11.4. The van der Waals surface area contributed by atoms with Crippen molar-refractivity contribution in [1.82, 2.24) is 0 Å². The van der Waals surface area contributed by atoms with E-state index in [4.69, 9.17) is 21.1 Å². The maximum Gasteiger partial charge on any atom is 0.367 e. The lowest BCUT2D eigenvalue weighted by molar-refractivity contribution is -0.130. The molecular weight excluding hydrogens is 242 g/mol. The molecule has 4 nitrogen and oxygen atoms in total. The molecule has 17 heavy (non-hydrogen) atoms. The van der Waals surface area contributed by atoms with Crippen molar-refractivity contribution in [2.45, 2.75) is 6.92 Å². The molecule has 1 aliphatic rings. The fourth-order valence-electron chi connectivity index (χ4n) is 1.30. The molecule has 0 aliphatic carbocycles. The van der Waals surface area contributed by atoms with Gasteiger partial charge in [0, 0.05) is 0 Å². The Bertz CT molecular complexity index is 508. The summed E-state index contributed by atoms with van der Waals surface area (Å²) >= 11 is 5.98. The predicted octanol–water partition coefficient (Wildman–Crippen LogP) is 2.52. The van der Waals surface area contributed by atoms with Gasteiger partial charge in [0.2, 0.25) is 5.90 Å². The third-order valence-corrected chi connectivity index (χ3v) is 2.42. The average Bonchev–Trinajstić information content (AvgIpc) is 2.68. The fourth-order valence-corrected chi connectivity index (χ4v) is 1.52. The lowest BCUT2D eigenvalue weighted by Crippen LogP contribution is -2.05. The Labute approximate surface area is 104 Å². The van der Waals surface area contributed by atoms with Crippen molar-refractivity contribution in [1.29, 1.82) is 0 Å². The van der Waals surface area contributed by atoms with Crippen molar-refractivity contribution >= 4 is 23.5 Å². The van der Waals surface area contributed by atoms with E-state index >= 15 is 0 Å². The molecule has 1 aromatic rings. The van der Waals surface area contributed by atoms with Gasteiger partial charge in [0.25, 0.3) is 0 Å². The molecule has 0 radical (unpaired) electrons. The topological polar surface area (TPSA) is 47.9 Å². The molecule has 0 bridgehead atoms. The number of carbonyl (C=O) groups excluding carboxylic acids is 1. The van der Waals surface area contributed by atoms with Gasteiger partial charge < -0.3 is 9.47 Å². The second-order valence-electron chi connectivity index (χ2n) is 3.24. The van der Waals surface area contributed by atoms with Gasteiger partial charge in [0.1, 0.15) is 6.26 Å². The predicted molar refractivity (Wildman–Crippen MR) is 63.8 cm³/mol. The lowest BCUT2D eigenvalue weighted by atomic mass is 10.2. The summed E-state index contributed by atoms with van der Waals surface area (Å²) in [6.07, 6.45) is 1.28. The Kier molecular flexibility index (Phi) is 3.44. The van der Waals surface area contributed by atoms with Gasteiger partial charge in [-0.15, -0.1) is 0 Å². The first-order valence-corrected chi connectivity index (χ1v) is 5.47. The smallest absolute Gasteiger partial charge is 0.367 e. The third-order valence-electron chi connectivity index (χ3n) is 2.09. The van der Waals surface area contributed by atoms with Gasteiger partial charge in [-0.25, -0.2) is 9.79 Å². The molecular formula is C12H10ClNO3. The Hall–Kier alpha value is -1.81. The van der Waals surface area contributed by atoms with E-state index in [0.29, 0.717) is 17.2 Å². The first kappa shape index (κ1) is 11.7. The van der Waals surface area contributed by atoms with Crippen molar-refractivity contribution in [2.24, 2.45) is 4.99 Å². The summed E-state index contributed by atoms with van der Waals surface area (Å²) in [6.45, 7) is 2.28. The average molecular weight is 252 g/mol. The molecule has 0 atom stereocenters. The fraction of sp³-hybridized carbons (Fsp3) is 0.167. The van der Waals surface area contributed by atoms with E-state index in [2.05, 4.69) is 4.99 Å². The standard InChI is InChI=1S/C12H10ClNO3/c1-2-16-7-10-12(15)17-11(14-10)8-5-3-4-6-9(8)13/h3-7H,2H2,1H3/b10-7+. The number of cyclic esters (lactones) is 1. The summed E-state index contributed by atoms with van der Waals surface area (Å²) < 4.78 is 10.0. The van der Waals surface area contributed by atoms with Gasteiger partial charge in [-0.2, -0.15) is 0 Å². The van der Waals surface area contributed by atoms with Crippen molar-refractivity contribution in [3.63, 3.8) is 0 Å². The van der Waals surface area contributed by atoms with Crippen molar-refractivity contribution < 1.29 is 14.3 Å². The van der Waals surface area contributed by atoms with Crippen LogP contribution in [0.3, 0.4) is 0 Å². The van der Waals surface area contributed by atoms with Crippen molar-refractivity contribution in [3.8, 4) is 0 Å². The molecule has 0 saturated carbocycles. The van der Waals surface area contributed by atoms with Crippen molar-refractivity contribution in [3.05, 3.63) is 46.8 Å². The number of carbonyl (C=O) groups is 1. The largest absolute Gasteiger partial charge is 0.499 e. The Morgan fingerprint density at radius 3 is 2.94 bits per heavy atom. The van der Waals surface area contributed by atoms with Crippen LogP contribution < -0.4 is 0 Å². The van der Waals surface area contributed by atoms with E-state index in [0.717, 1.165) is 0 Å². The zero-order valence-electron chi connectivity index (χ0n) is 9.14. The minimum Gasteiger partial charge on any atom is -0.499 e. The van der Waals surface area contributed by atoms with Crippen LogP contribution in [-0.4, -0.2) is 18.5 Å². The third kappa shape index (κ3) is 2.47. The molecule has 5 heteroatoms. The number of rotatable bonds is 3. The van der Waals surface area contributed by atoms with E-state index in [1.807, 2.05) is 6.92 Å².